The molecule has 2 aliphatic rings. The number of hydrogen-bond donors (Lipinski definition) is 4. The van der Waals surface area contributed by atoms with Gasteiger partial charge in [0.1, 0.15) is 18.2 Å². The average Bonchev–Trinajstić information content (AvgIpc) is 2.86. The molecule has 0 aromatic carbocycles. The Bertz CT molecular complexity index is 322. The Kier molecular flexibility index (Phi) is 3.60. The van der Waals surface area contributed by atoms with E-state index in [2.05, 4.69) is 10.6 Å². The fraction of sp³-hybridized carbons (Fsp3) is 0.800. The Morgan fingerprint density at radius 3 is 2.35 bits per heavy atom. The van der Waals surface area contributed by atoms with Crippen LogP contribution >= 0.6 is 0 Å². The van der Waals surface area contributed by atoms with Gasteiger partial charge >= 0.3 is 11.9 Å². The van der Waals surface area contributed by atoms with Crippen molar-refractivity contribution in [3.8, 4) is 0 Å². The highest BCUT2D eigenvalue weighted by molar-refractivity contribution is 5.77. The number of esters is 1. The first-order chi connectivity index (χ1) is 8.06. The van der Waals surface area contributed by atoms with Crippen LogP contribution in [0.3, 0.4) is 0 Å². The minimum atomic E-state index is -0.932. The zero-order chi connectivity index (χ0) is 12.4. The number of aliphatic hydroxyl groups is 1. The van der Waals surface area contributed by atoms with Gasteiger partial charge in [0.05, 0.1) is 6.10 Å². The zero-order valence-corrected chi connectivity index (χ0v) is 9.26. The topological polar surface area (TPSA) is 108 Å². The third-order valence-electron chi connectivity index (χ3n) is 3.06. The Morgan fingerprint density at radius 2 is 1.82 bits per heavy atom. The van der Waals surface area contributed by atoms with Crippen molar-refractivity contribution in [2.75, 3.05) is 13.1 Å². The number of carboxylic acid groups (broad SMARTS) is 1. The van der Waals surface area contributed by atoms with Crippen LogP contribution in [0.1, 0.15) is 12.8 Å². The largest absolute Gasteiger partial charge is 0.480 e. The summed E-state index contributed by atoms with van der Waals surface area (Å²) in [4.78, 5) is 22.3. The Hall–Kier alpha value is -1.18. The molecule has 96 valence electrons. The van der Waals surface area contributed by atoms with Crippen molar-refractivity contribution in [1.82, 2.24) is 10.6 Å². The minimum absolute atomic E-state index is 0.288. The number of nitrogens with one attached hydrogen (secondary N) is 2. The smallest absolute Gasteiger partial charge is 0.323 e. The third kappa shape index (κ3) is 2.93. The maximum Gasteiger partial charge on any atom is 0.323 e. The van der Waals surface area contributed by atoms with E-state index >= 15 is 0 Å². The number of carboxylic acids is 1. The van der Waals surface area contributed by atoms with E-state index in [1.165, 1.54) is 0 Å². The highest BCUT2D eigenvalue weighted by Gasteiger charge is 2.35. The van der Waals surface area contributed by atoms with Crippen LogP contribution in [0.2, 0.25) is 0 Å². The number of ether oxygens (including phenoxy) is 1. The second-order valence-electron chi connectivity index (χ2n) is 4.44. The van der Waals surface area contributed by atoms with Crippen molar-refractivity contribution >= 4 is 11.9 Å². The normalized spacial score (nSPS) is 37.0. The third-order valence-corrected chi connectivity index (χ3v) is 3.06. The SMILES string of the molecule is O=C(O)[C@@H]1CC(OC(=O)[C@@H]2CC(O)CN2)CN1. The summed E-state index contributed by atoms with van der Waals surface area (Å²) in [5, 5.41) is 23.6. The Balaban J connectivity index is 1.78. The number of carbonyl (C=O) groups is 2. The summed E-state index contributed by atoms with van der Waals surface area (Å²) in [7, 11) is 0. The molecule has 2 rings (SSSR count). The summed E-state index contributed by atoms with van der Waals surface area (Å²) >= 11 is 0. The van der Waals surface area contributed by atoms with E-state index in [0.29, 0.717) is 19.5 Å². The van der Waals surface area contributed by atoms with Gasteiger partial charge in [-0.1, -0.05) is 0 Å². The summed E-state index contributed by atoms with van der Waals surface area (Å²) < 4.78 is 5.19. The van der Waals surface area contributed by atoms with Crippen LogP contribution < -0.4 is 10.6 Å². The average molecular weight is 244 g/mol. The van der Waals surface area contributed by atoms with Crippen LogP contribution in [0.5, 0.6) is 0 Å². The van der Waals surface area contributed by atoms with E-state index in [4.69, 9.17) is 9.84 Å². The van der Waals surface area contributed by atoms with Gasteiger partial charge in [-0.15, -0.1) is 0 Å². The molecule has 0 bridgehead atoms. The zero-order valence-electron chi connectivity index (χ0n) is 9.26. The molecule has 0 radical (unpaired) electrons. The Morgan fingerprint density at radius 1 is 1.12 bits per heavy atom. The molecule has 2 heterocycles. The number of aliphatic hydroxyl groups excluding tert-OH is 1. The van der Waals surface area contributed by atoms with Crippen LogP contribution in [-0.2, 0) is 14.3 Å². The maximum absolute atomic E-state index is 11.7. The van der Waals surface area contributed by atoms with Crippen LogP contribution in [0.15, 0.2) is 0 Å². The van der Waals surface area contributed by atoms with Gasteiger partial charge in [0.2, 0.25) is 0 Å². The van der Waals surface area contributed by atoms with Gasteiger partial charge in [-0.05, 0) is 0 Å². The second kappa shape index (κ2) is 4.99. The molecule has 0 amide bonds. The first-order valence-electron chi connectivity index (χ1n) is 5.64. The lowest BCUT2D eigenvalue weighted by atomic mass is 10.2. The molecule has 0 aromatic heterocycles. The summed E-state index contributed by atoms with van der Waals surface area (Å²) in [6.07, 6.45) is -0.276. The molecule has 0 aromatic rings. The summed E-state index contributed by atoms with van der Waals surface area (Å²) in [6.45, 7) is 0.748. The summed E-state index contributed by atoms with van der Waals surface area (Å²) in [6, 6.07) is -1.12. The molecule has 0 spiro atoms. The molecule has 4 atom stereocenters. The summed E-state index contributed by atoms with van der Waals surface area (Å²) in [5.74, 6) is -1.35. The number of carbonyl (C=O) groups excluding carboxylic acids is 1. The first-order valence-corrected chi connectivity index (χ1v) is 5.64. The fourth-order valence-corrected chi connectivity index (χ4v) is 2.12. The van der Waals surface area contributed by atoms with Gasteiger partial charge in [0.15, 0.2) is 0 Å². The molecule has 0 aliphatic carbocycles. The predicted molar refractivity (Wildman–Crippen MR) is 56.3 cm³/mol. The Labute approximate surface area is 98.1 Å². The quantitative estimate of drug-likeness (QED) is 0.428. The first kappa shape index (κ1) is 12.3. The number of β-amino-alcohol motifs (C(OH)–C–C–N with tert-alkyl or cyclic N) is 1. The van der Waals surface area contributed by atoms with E-state index < -0.39 is 36.2 Å². The van der Waals surface area contributed by atoms with Gasteiger partial charge in [-0.2, -0.15) is 0 Å². The number of aliphatic carboxylic acids is 1. The predicted octanol–water partition coefficient (Wildman–Crippen LogP) is -1.93. The van der Waals surface area contributed by atoms with E-state index in [9.17, 15) is 14.7 Å². The fourth-order valence-electron chi connectivity index (χ4n) is 2.12. The van der Waals surface area contributed by atoms with E-state index in [-0.39, 0.29) is 6.42 Å². The lowest BCUT2D eigenvalue weighted by Gasteiger charge is -2.14. The van der Waals surface area contributed by atoms with Crippen molar-refractivity contribution in [1.29, 1.82) is 0 Å². The molecule has 7 heteroatoms. The van der Waals surface area contributed by atoms with Gasteiger partial charge in [0, 0.05) is 25.9 Å². The van der Waals surface area contributed by atoms with Crippen LogP contribution in [0, 0.1) is 0 Å². The maximum atomic E-state index is 11.7. The number of rotatable bonds is 3. The van der Waals surface area contributed by atoms with Gasteiger partial charge in [0.25, 0.3) is 0 Å². The molecule has 2 unspecified atom stereocenters. The highest BCUT2D eigenvalue weighted by Crippen LogP contribution is 2.14. The van der Waals surface area contributed by atoms with Gasteiger partial charge in [-0.3, -0.25) is 9.59 Å². The molecule has 17 heavy (non-hydrogen) atoms. The van der Waals surface area contributed by atoms with Gasteiger partial charge in [-0.25, -0.2) is 0 Å². The molecular weight excluding hydrogens is 228 g/mol. The molecule has 2 aliphatic heterocycles. The highest BCUT2D eigenvalue weighted by atomic mass is 16.5. The lowest BCUT2D eigenvalue weighted by Crippen LogP contribution is -2.35. The van der Waals surface area contributed by atoms with Gasteiger partial charge < -0.3 is 25.6 Å². The van der Waals surface area contributed by atoms with Crippen molar-refractivity contribution < 1.29 is 24.5 Å². The molecular formula is C10H16N2O5. The molecule has 0 saturated carbocycles. The molecule has 2 fully saturated rings. The van der Waals surface area contributed by atoms with E-state index in [1.807, 2.05) is 0 Å². The lowest BCUT2D eigenvalue weighted by molar-refractivity contribution is -0.151. The van der Waals surface area contributed by atoms with Crippen molar-refractivity contribution in [2.24, 2.45) is 0 Å². The summed E-state index contributed by atoms with van der Waals surface area (Å²) in [5.41, 5.74) is 0. The van der Waals surface area contributed by atoms with E-state index in [0.717, 1.165) is 0 Å². The van der Waals surface area contributed by atoms with Crippen molar-refractivity contribution in [3.05, 3.63) is 0 Å². The van der Waals surface area contributed by atoms with E-state index in [1.54, 1.807) is 0 Å². The number of hydrogen-bond acceptors (Lipinski definition) is 6. The van der Waals surface area contributed by atoms with Crippen LogP contribution in [0.25, 0.3) is 0 Å². The second-order valence-corrected chi connectivity index (χ2v) is 4.44. The van der Waals surface area contributed by atoms with Crippen molar-refractivity contribution in [3.63, 3.8) is 0 Å². The molecule has 2 saturated heterocycles. The minimum Gasteiger partial charge on any atom is -0.480 e. The van der Waals surface area contributed by atoms with Crippen LogP contribution in [-0.4, -0.2) is 59.5 Å². The monoisotopic (exact) mass is 244 g/mol. The molecule has 4 N–H and O–H groups in total. The molecule has 7 nitrogen and oxygen atoms in total. The van der Waals surface area contributed by atoms with Crippen LogP contribution in [0.4, 0.5) is 0 Å². The van der Waals surface area contributed by atoms with Crippen molar-refractivity contribution in [2.45, 2.75) is 37.1 Å². The standard InChI is InChI=1S/C10H16N2O5/c13-5-1-8(11-3-5)10(16)17-6-2-7(9(14)15)12-4-6/h5-8,11-13H,1-4H2,(H,14,15)/t5?,6?,7-,8-/m0/s1.